The van der Waals surface area contributed by atoms with Gasteiger partial charge in [0.1, 0.15) is 6.42 Å². The third-order valence-electron chi connectivity index (χ3n) is 3.14. The number of carbonyl (C=O) groups excluding carboxylic acids is 1. The molecule has 0 aromatic heterocycles. The maximum Gasteiger partial charge on any atom is 0.234 e. The van der Waals surface area contributed by atoms with Gasteiger partial charge in [0.05, 0.1) is 6.07 Å². The van der Waals surface area contributed by atoms with Crippen molar-refractivity contribution in [2.45, 2.75) is 25.8 Å². The second kappa shape index (κ2) is 6.06. The van der Waals surface area contributed by atoms with Crippen LogP contribution in [0.3, 0.4) is 0 Å². The van der Waals surface area contributed by atoms with E-state index >= 15 is 0 Å². The van der Waals surface area contributed by atoms with Crippen molar-refractivity contribution in [3.63, 3.8) is 0 Å². The van der Waals surface area contributed by atoms with Crippen LogP contribution in [0.15, 0.2) is 24.3 Å². The molecule has 0 aliphatic carbocycles. The van der Waals surface area contributed by atoms with Crippen LogP contribution in [-0.2, 0) is 11.3 Å². The largest absolute Gasteiger partial charge is 0.372 e. The predicted molar refractivity (Wildman–Crippen MR) is 70.0 cm³/mol. The van der Waals surface area contributed by atoms with Crippen LogP contribution in [0.2, 0.25) is 0 Å². The molecule has 1 fully saturated rings. The molecule has 1 aromatic carbocycles. The maximum atomic E-state index is 11.2. The minimum Gasteiger partial charge on any atom is -0.372 e. The first-order valence-electron chi connectivity index (χ1n) is 6.27. The standard InChI is InChI=1S/C14H17N3O/c15-8-7-14(18)16-11-12-3-5-13(6-4-12)17-9-1-2-10-17/h3-6H,1-2,7,9-11H2,(H,16,18). The fraction of sp³-hybridized carbons (Fsp3) is 0.429. The van der Waals surface area contributed by atoms with Crippen LogP contribution in [-0.4, -0.2) is 19.0 Å². The van der Waals surface area contributed by atoms with Crippen LogP contribution < -0.4 is 10.2 Å². The topological polar surface area (TPSA) is 56.1 Å². The van der Waals surface area contributed by atoms with E-state index < -0.39 is 0 Å². The van der Waals surface area contributed by atoms with Crippen molar-refractivity contribution in [2.24, 2.45) is 0 Å². The molecule has 4 nitrogen and oxygen atoms in total. The highest BCUT2D eigenvalue weighted by atomic mass is 16.1. The molecule has 0 saturated carbocycles. The van der Waals surface area contributed by atoms with Crippen LogP contribution in [0.25, 0.3) is 0 Å². The van der Waals surface area contributed by atoms with E-state index in [1.807, 2.05) is 18.2 Å². The third-order valence-corrected chi connectivity index (χ3v) is 3.14. The number of hydrogen-bond donors (Lipinski definition) is 1. The van der Waals surface area contributed by atoms with Gasteiger partial charge in [0.15, 0.2) is 0 Å². The second-order valence-corrected chi connectivity index (χ2v) is 4.47. The van der Waals surface area contributed by atoms with Gasteiger partial charge in [-0.3, -0.25) is 4.79 Å². The quantitative estimate of drug-likeness (QED) is 0.877. The summed E-state index contributed by atoms with van der Waals surface area (Å²) in [5.74, 6) is -0.221. The van der Waals surface area contributed by atoms with Gasteiger partial charge < -0.3 is 10.2 Å². The Labute approximate surface area is 107 Å². The number of hydrogen-bond acceptors (Lipinski definition) is 3. The second-order valence-electron chi connectivity index (χ2n) is 4.47. The zero-order valence-electron chi connectivity index (χ0n) is 10.4. The highest BCUT2D eigenvalue weighted by Gasteiger charge is 2.11. The minimum absolute atomic E-state index is 0.0775. The van der Waals surface area contributed by atoms with Crippen molar-refractivity contribution >= 4 is 11.6 Å². The predicted octanol–water partition coefficient (Wildman–Crippen LogP) is 1.82. The number of rotatable bonds is 4. The Bertz CT molecular complexity index is 441. The van der Waals surface area contributed by atoms with Gasteiger partial charge in [-0.2, -0.15) is 5.26 Å². The fourth-order valence-corrected chi connectivity index (χ4v) is 2.13. The molecular weight excluding hydrogens is 226 g/mol. The number of carbonyl (C=O) groups is 1. The molecule has 2 rings (SSSR count). The molecule has 0 radical (unpaired) electrons. The number of amides is 1. The summed E-state index contributed by atoms with van der Waals surface area (Å²) in [7, 11) is 0. The molecule has 1 heterocycles. The number of nitrogens with zero attached hydrogens (tertiary/aromatic N) is 2. The van der Waals surface area contributed by atoms with Crippen molar-refractivity contribution in [3.8, 4) is 6.07 Å². The van der Waals surface area contributed by atoms with Gasteiger partial charge in [-0.25, -0.2) is 0 Å². The fourth-order valence-electron chi connectivity index (χ4n) is 2.13. The van der Waals surface area contributed by atoms with E-state index in [-0.39, 0.29) is 12.3 Å². The SMILES string of the molecule is N#CCC(=O)NCc1ccc(N2CCCC2)cc1. The average Bonchev–Trinajstić information content (AvgIpc) is 2.91. The Hall–Kier alpha value is -2.02. The highest BCUT2D eigenvalue weighted by Crippen LogP contribution is 2.20. The first-order valence-corrected chi connectivity index (χ1v) is 6.27. The summed E-state index contributed by atoms with van der Waals surface area (Å²) >= 11 is 0. The maximum absolute atomic E-state index is 11.2. The molecule has 4 heteroatoms. The van der Waals surface area contributed by atoms with Crippen LogP contribution in [0.1, 0.15) is 24.8 Å². The number of benzene rings is 1. The molecule has 1 amide bonds. The number of anilines is 1. The summed E-state index contributed by atoms with van der Waals surface area (Å²) in [6.07, 6.45) is 2.46. The first-order chi connectivity index (χ1) is 8.79. The molecule has 0 atom stereocenters. The van der Waals surface area contributed by atoms with Crippen LogP contribution >= 0.6 is 0 Å². The molecule has 1 saturated heterocycles. The van der Waals surface area contributed by atoms with Crippen LogP contribution in [0.4, 0.5) is 5.69 Å². The van der Waals surface area contributed by atoms with Gasteiger partial charge in [-0.1, -0.05) is 12.1 Å². The lowest BCUT2D eigenvalue weighted by atomic mass is 10.2. The van der Waals surface area contributed by atoms with Gasteiger partial charge in [0.2, 0.25) is 5.91 Å². The van der Waals surface area contributed by atoms with E-state index in [4.69, 9.17) is 5.26 Å². The van der Waals surface area contributed by atoms with Crippen LogP contribution in [0, 0.1) is 11.3 Å². The molecule has 94 valence electrons. The normalized spacial score (nSPS) is 14.3. The van der Waals surface area contributed by atoms with E-state index in [2.05, 4.69) is 22.3 Å². The van der Waals surface area contributed by atoms with Crippen LogP contribution in [0.5, 0.6) is 0 Å². The molecule has 1 aromatic rings. The van der Waals surface area contributed by atoms with Gasteiger partial charge in [0, 0.05) is 25.3 Å². The summed E-state index contributed by atoms with van der Waals surface area (Å²) in [4.78, 5) is 13.5. The molecule has 0 bridgehead atoms. The Morgan fingerprint density at radius 1 is 1.28 bits per heavy atom. The van der Waals surface area contributed by atoms with Gasteiger partial charge in [0.25, 0.3) is 0 Å². The van der Waals surface area contributed by atoms with E-state index in [1.54, 1.807) is 0 Å². The summed E-state index contributed by atoms with van der Waals surface area (Å²) < 4.78 is 0. The minimum atomic E-state index is -0.221. The summed E-state index contributed by atoms with van der Waals surface area (Å²) in [5, 5.41) is 11.1. The lowest BCUT2D eigenvalue weighted by Gasteiger charge is -2.17. The Kier molecular flexibility index (Phi) is 4.19. The zero-order chi connectivity index (χ0) is 12.8. The molecular formula is C14H17N3O. The Balaban J connectivity index is 1.87. The molecule has 0 spiro atoms. The monoisotopic (exact) mass is 243 g/mol. The van der Waals surface area contributed by atoms with E-state index in [1.165, 1.54) is 18.5 Å². The van der Waals surface area contributed by atoms with E-state index in [0.717, 1.165) is 18.7 Å². The first kappa shape index (κ1) is 12.4. The van der Waals surface area contributed by atoms with Crippen molar-refractivity contribution in [1.29, 1.82) is 5.26 Å². The zero-order valence-corrected chi connectivity index (χ0v) is 10.4. The smallest absolute Gasteiger partial charge is 0.234 e. The van der Waals surface area contributed by atoms with E-state index in [0.29, 0.717) is 6.54 Å². The lowest BCUT2D eigenvalue weighted by molar-refractivity contribution is -0.120. The lowest BCUT2D eigenvalue weighted by Crippen LogP contribution is -2.22. The molecule has 1 aliphatic heterocycles. The van der Waals surface area contributed by atoms with Crippen molar-refractivity contribution in [3.05, 3.63) is 29.8 Å². The third kappa shape index (κ3) is 3.24. The average molecular weight is 243 g/mol. The number of nitriles is 1. The van der Waals surface area contributed by atoms with Gasteiger partial charge >= 0.3 is 0 Å². The Morgan fingerprint density at radius 2 is 1.94 bits per heavy atom. The highest BCUT2D eigenvalue weighted by molar-refractivity contribution is 5.77. The Morgan fingerprint density at radius 3 is 2.56 bits per heavy atom. The number of nitrogens with one attached hydrogen (secondary N) is 1. The summed E-state index contributed by atoms with van der Waals surface area (Å²) in [6, 6.07) is 10.1. The van der Waals surface area contributed by atoms with Crippen molar-refractivity contribution in [2.75, 3.05) is 18.0 Å². The van der Waals surface area contributed by atoms with Crippen molar-refractivity contribution in [1.82, 2.24) is 5.32 Å². The van der Waals surface area contributed by atoms with Gasteiger partial charge in [-0.05, 0) is 30.5 Å². The summed E-state index contributed by atoms with van der Waals surface area (Å²) in [5.41, 5.74) is 2.31. The van der Waals surface area contributed by atoms with E-state index in [9.17, 15) is 4.79 Å². The van der Waals surface area contributed by atoms with Crippen molar-refractivity contribution < 1.29 is 4.79 Å². The van der Waals surface area contributed by atoms with Gasteiger partial charge in [-0.15, -0.1) is 0 Å². The molecule has 1 N–H and O–H groups in total. The molecule has 0 unspecified atom stereocenters. The molecule has 18 heavy (non-hydrogen) atoms. The molecule has 1 aliphatic rings. The summed E-state index contributed by atoms with van der Waals surface area (Å²) in [6.45, 7) is 2.76.